The molecule has 2 aliphatic rings. The second kappa shape index (κ2) is 21.1. The fourth-order valence-corrected chi connectivity index (χ4v) is 15.2. The monoisotopic (exact) mass is 1140 g/mol. The van der Waals surface area contributed by atoms with Crippen molar-refractivity contribution in [3.8, 4) is 27.9 Å². The van der Waals surface area contributed by atoms with Crippen molar-refractivity contribution in [2.24, 2.45) is 0 Å². The van der Waals surface area contributed by atoms with Gasteiger partial charge < -0.3 is 24.2 Å². The Morgan fingerprint density at radius 2 is 0.818 bits per heavy atom. The van der Waals surface area contributed by atoms with Crippen LogP contribution in [0.15, 0.2) is 322 Å². The topological polar surface area (TPSA) is 17.9 Å². The zero-order valence-electron chi connectivity index (χ0n) is 48.3. The van der Waals surface area contributed by atoms with E-state index in [2.05, 4.69) is 353 Å². The molecule has 0 N–H and O–H groups in total. The fourth-order valence-electron chi connectivity index (χ4n) is 13.9. The average Bonchev–Trinajstić information content (AvgIpc) is 1.59. The number of hydrogen-bond acceptors (Lipinski definition) is 5. The van der Waals surface area contributed by atoms with Crippen molar-refractivity contribution >= 4 is 134 Å². The SMILES string of the molecule is Cc1ccc2sc3c(c2c1)N(c1ccc(-c2ccccc2)cc1-c1ccccc1)c1cc(N(c2ccccc2)c2ccccc2)cc2c1B3c1ccc(N(c3ccccc3)c3ccccc3)cc1N2c1ccc(-n2c3ccccc3c3ccccc32)cc1. The van der Waals surface area contributed by atoms with Crippen LogP contribution >= 0.6 is 11.3 Å². The molecular formula is C81H56BN5S. The predicted octanol–water partition coefficient (Wildman–Crippen LogP) is 20.7. The van der Waals surface area contributed by atoms with E-state index in [0.717, 1.165) is 79.4 Å². The molecule has 0 spiro atoms. The molecule has 0 unspecified atom stereocenters. The number of thiophene rings is 1. The Kier molecular flexibility index (Phi) is 12.3. The van der Waals surface area contributed by atoms with Gasteiger partial charge in [-0.15, -0.1) is 11.3 Å². The normalized spacial score (nSPS) is 12.3. The molecule has 0 amide bonds. The molecule has 15 aromatic rings. The van der Waals surface area contributed by atoms with Crippen LogP contribution in [0.5, 0.6) is 0 Å². The van der Waals surface area contributed by atoms with Gasteiger partial charge in [0, 0.05) is 88.1 Å². The molecule has 88 heavy (non-hydrogen) atoms. The van der Waals surface area contributed by atoms with Gasteiger partial charge in [0.2, 0.25) is 0 Å². The first-order chi connectivity index (χ1) is 43.6. The zero-order chi connectivity index (χ0) is 58.2. The number of fused-ring (bicyclic) bond motifs is 9. The highest BCUT2D eigenvalue weighted by Gasteiger charge is 2.46. The first kappa shape index (κ1) is 51.3. The zero-order valence-corrected chi connectivity index (χ0v) is 49.1. The highest BCUT2D eigenvalue weighted by Crippen LogP contribution is 2.53. The van der Waals surface area contributed by atoms with Gasteiger partial charge in [0.05, 0.1) is 28.1 Å². The molecule has 2 aromatic heterocycles. The average molecular weight is 1140 g/mol. The molecule has 0 atom stereocenters. The lowest BCUT2D eigenvalue weighted by molar-refractivity contribution is 1.17. The molecule has 17 rings (SSSR count). The Morgan fingerprint density at radius 1 is 0.330 bits per heavy atom. The van der Waals surface area contributed by atoms with Crippen LogP contribution in [0.25, 0.3) is 59.8 Å². The van der Waals surface area contributed by atoms with Gasteiger partial charge in [-0.3, -0.25) is 0 Å². The summed E-state index contributed by atoms with van der Waals surface area (Å²) in [4.78, 5) is 10.1. The number of anilines is 12. The maximum absolute atomic E-state index is 2.65. The van der Waals surface area contributed by atoms with E-state index in [-0.39, 0.29) is 6.71 Å². The standard InChI is InChI=1S/C81H56BN5S/c1-55-40-49-78-70(50-55)80-81(88-78)82-71-47-46-65(83(59-28-12-4-13-29-59)60-30-14-5-15-31-60)52-75(71)86(64-44-42-63(43-45-64)85-72-38-22-20-36-67(72)68-37-21-23-39-73(68)85)76-53-66(84(61-32-16-6-17-33-61)62-34-18-7-19-35-62)54-77(79(76)82)87(80)74-48-41-58(56-24-8-2-9-25-56)51-69(74)57-26-10-3-11-27-57/h2-54H,1H3. The third-order valence-corrected chi connectivity index (χ3v) is 19.0. The van der Waals surface area contributed by atoms with E-state index in [1.165, 1.54) is 70.0 Å². The van der Waals surface area contributed by atoms with Crippen LogP contribution in [0.4, 0.5) is 68.2 Å². The minimum atomic E-state index is -0.146. The summed E-state index contributed by atoms with van der Waals surface area (Å²) in [5, 5.41) is 3.72. The molecular weight excluding hydrogens is 1090 g/mol. The summed E-state index contributed by atoms with van der Waals surface area (Å²) in [6.45, 7) is 2.09. The molecule has 414 valence electrons. The number of nitrogens with zero attached hydrogens (tertiary/aromatic N) is 5. The first-order valence-corrected chi connectivity index (χ1v) is 31.0. The van der Waals surface area contributed by atoms with E-state index in [0.29, 0.717) is 0 Å². The van der Waals surface area contributed by atoms with Gasteiger partial charge in [0.1, 0.15) is 0 Å². The van der Waals surface area contributed by atoms with Crippen molar-refractivity contribution in [3.05, 3.63) is 327 Å². The van der Waals surface area contributed by atoms with Gasteiger partial charge in [-0.05, 0) is 168 Å². The Bertz CT molecular complexity index is 4980. The number of aromatic nitrogens is 1. The summed E-state index contributed by atoms with van der Waals surface area (Å²) in [6.07, 6.45) is 0. The molecule has 0 radical (unpaired) electrons. The highest BCUT2D eigenvalue weighted by atomic mass is 32.1. The lowest BCUT2D eigenvalue weighted by atomic mass is 9.36. The minimum absolute atomic E-state index is 0.146. The molecule has 0 aliphatic carbocycles. The van der Waals surface area contributed by atoms with Crippen LogP contribution in [0, 0.1) is 6.92 Å². The van der Waals surface area contributed by atoms with Crippen molar-refractivity contribution in [2.75, 3.05) is 19.6 Å². The summed E-state index contributed by atoms with van der Waals surface area (Å²) in [6, 6.07) is 118. The molecule has 7 heteroatoms. The van der Waals surface area contributed by atoms with Crippen LogP contribution in [0.3, 0.4) is 0 Å². The van der Waals surface area contributed by atoms with Gasteiger partial charge in [-0.25, -0.2) is 0 Å². The maximum Gasteiger partial charge on any atom is 0.264 e. The second-order valence-corrected chi connectivity index (χ2v) is 24.0. The van der Waals surface area contributed by atoms with Crippen LogP contribution in [0.2, 0.25) is 0 Å². The Balaban J connectivity index is 0.992. The van der Waals surface area contributed by atoms with Crippen LogP contribution in [-0.2, 0) is 0 Å². The van der Waals surface area contributed by atoms with Crippen molar-refractivity contribution in [3.63, 3.8) is 0 Å². The summed E-state index contributed by atoms with van der Waals surface area (Å²) >= 11 is 1.93. The molecule has 13 aromatic carbocycles. The fraction of sp³-hybridized carbons (Fsp3) is 0.0123. The largest absolute Gasteiger partial charge is 0.311 e. The predicted molar refractivity (Wildman–Crippen MR) is 375 cm³/mol. The van der Waals surface area contributed by atoms with Gasteiger partial charge in [-0.2, -0.15) is 0 Å². The quantitative estimate of drug-likeness (QED) is 0.120. The second-order valence-electron chi connectivity index (χ2n) is 22.9. The number of rotatable bonds is 11. The van der Waals surface area contributed by atoms with Gasteiger partial charge in [0.15, 0.2) is 0 Å². The summed E-state index contributed by atoms with van der Waals surface area (Å²) in [5.74, 6) is 0. The number of benzene rings is 13. The van der Waals surface area contributed by atoms with Crippen LogP contribution in [0.1, 0.15) is 5.56 Å². The number of aryl methyl sites for hydroxylation is 1. The summed E-state index contributed by atoms with van der Waals surface area (Å²) < 4.78 is 4.99. The Morgan fingerprint density at radius 3 is 1.40 bits per heavy atom. The summed E-state index contributed by atoms with van der Waals surface area (Å²) in [5.41, 5.74) is 25.0. The lowest BCUT2D eigenvalue weighted by Crippen LogP contribution is -2.60. The lowest BCUT2D eigenvalue weighted by Gasteiger charge is -2.44. The van der Waals surface area contributed by atoms with E-state index in [9.17, 15) is 0 Å². The maximum atomic E-state index is 2.65. The summed E-state index contributed by atoms with van der Waals surface area (Å²) in [7, 11) is 0. The third-order valence-electron chi connectivity index (χ3n) is 17.7. The van der Waals surface area contributed by atoms with Crippen molar-refractivity contribution in [1.29, 1.82) is 0 Å². The molecule has 0 fully saturated rings. The van der Waals surface area contributed by atoms with E-state index in [1.54, 1.807) is 0 Å². The van der Waals surface area contributed by atoms with E-state index in [4.69, 9.17) is 0 Å². The number of para-hydroxylation sites is 6. The van der Waals surface area contributed by atoms with E-state index >= 15 is 0 Å². The molecule has 4 heterocycles. The van der Waals surface area contributed by atoms with Crippen molar-refractivity contribution in [1.82, 2.24) is 4.57 Å². The molecule has 0 saturated heterocycles. The smallest absolute Gasteiger partial charge is 0.264 e. The molecule has 2 aliphatic heterocycles. The van der Waals surface area contributed by atoms with Crippen molar-refractivity contribution < 1.29 is 0 Å². The van der Waals surface area contributed by atoms with Gasteiger partial charge in [0.25, 0.3) is 6.71 Å². The molecule has 5 nitrogen and oxygen atoms in total. The number of hydrogen-bond donors (Lipinski definition) is 0. The first-order valence-electron chi connectivity index (χ1n) is 30.2. The van der Waals surface area contributed by atoms with E-state index in [1.807, 2.05) is 11.3 Å². The van der Waals surface area contributed by atoms with Gasteiger partial charge in [-0.1, -0.05) is 194 Å². The minimum Gasteiger partial charge on any atom is -0.311 e. The van der Waals surface area contributed by atoms with Crippen LogP contribution < -0.4 is 35.3 Å². The van der Waals surface area contributed by atoms with Crippen molar-refractivity contribution in [2.45, 2.75) is 6.92 Å². The Hall–Kier alpha value is -11.1. The van der Waals surface area contributed by atoms with Gasteiger partial charge >= 0.3 is 0 Å². The molecule has 0 bridgehead atoms. The highest BCUT2D eigenvalue weighted by molar-refractivity contribution is 7.33. The van der Waals surface area contributed by atoms with Crippen LogP contribution in [-0.4, -0.2) is 11.3 Å². The van der Waals surface area contributed by atoms with E-state index < -0.39 is 0 Å². The Labute approximate surface area is 516 Å². The molecule has 0 saturated carbocycles. The third kappa shape index (κ3) is 8.46.